The molecule has 4 heteroatoms. The van der Waals surface area contributed by atoms with Crippen LogP contribution in [-0.2, 0) is 9.53 Å². The molecule has 1 atom stereocenters. The minimum absolute atomic E-state index is 0.0450. The zero-order chi connectivity index (χ0) is 11.4. The summed E-state index contributed by atoms with van der Waals surface area (Å²) in [4.78, 5) is 11.7. The van der Waals surface area contributed by atoms with Gasteiger partial charge in [0.2, 0.25) is 5.91 Å². The second kappa shape index (κ2) is 5.64. The fourth-order valence-corrected chi connectivity index (χ4v) is 2.49. The summed E-state index contributed by atoms with van der Waals surface area (Å²) < 4.78 is 5.32. The molecule has 0 bridgehead atoms. The van der Waals surface area contributed by atoms with Gasteiger partial charge in [-0.2, -0.15) is 0 Å². The summed E-state index contributed by atoms with van der Waals surface area (Å²) in [7, 11) is 0. The van der Waals surface area contributed by atoms with Crippen molar-refractivity contribution in [1.82, 2.24) is 5.32 Å². The lowest BCUT2D eigenvalue weighted by molar-refractivity contribution is -0.130. The van der Waals surface area contributed by atoms with Gasteiger partial charge in [0.1, 0.15) is 6.10 Å². The standard InChI is InChI=1S/C12H21NO3/c14-10-5-3-9(4-6-10)8-13-12(15)11-2-1-7-16-11/h9-11,14H,1-8H2,(H,13,15). The molecule has 2 aliphatic rings. The molecule has 1 saturated carbocycles. The number of ether oxygens (including phenoxy) is 1. The van der Waals surface area contributed by atoms with Gasteiger partial charge in [-0.05, 0) is 44.4 Å². The van der Waals surface area contributed by atoms with Crippen molar-refractivity contribution in [2.75, 3.05) is 13.2 Å². The topological polar surface area (TPSA) is 58.6 Å². The molecule has 1 aliphatic carbocycles. The summed E-state index contributed by atoms with van der Waals surface area (Å²) in [5.41, 5.74) is 0. The lowest BCUT2D eigenvalue weighted by Gasteiger charge is -2.25. The molecular weight excluding hydrogens is 206 g/mol. The Hall–Kier alpha value is -0.610. The van der Waals surface area contributed by atoms with E-state index >= 15 is 0 Å². The summed E-state index contributed by atoms with van der Waals surface area (Å²) in [5.74, 6) is 0.581. The highest BCUT2D eigenvalue weighted by atomic mass is 16.5. The van der Waals surface area contributed by atoms with E-state index in [2.05, 4.69) is 5.32 Å². The van der Waals surface area contributed by atoms with Crippen LogP contribution in [0.15, 0.2) is 0 Å². The van der Waals surface area contributed by atoms with E-state index in [9.17, 15) is 9.90 Å². The number of carbonyl (C=O) groups is 1. The maximum Gasteiger partial charge on any atom is 0.249 e. The number of amides is 1. The maximum atomic E-state index is 11.7. The largest absolute Gasteiger partial charge is 0.393 e. The molecule has 1 amide bonds. The van der Waals surface area contributed by atoms with Gasteiger partial charge in [0, 0.05) is 13.2 Å². The Labute approximate surface area is 96.4 Å². The molecule has 0 spiro atoms. The van der Waals surface area contributed by atoms with E-state index in [1.807, 2.05) is 0 Å². The molecule has 4 nitrogen and oxygen atoms in total. The number of carbonyl (C=O) groups excluding carboxylic acids is 1. The Morgan fingerprint density at radius 2 is 2.00 bits per heavy atom. The average molecular weight is 227 g/mol. The van der Waals surface area contributed by atoms with E-state index in [0.29, 0.717) is 12.5 Å². The zero-order valence-electron chi connectivity index (χ0n) is 9.65. The van der Waals surface area contributed by atoms with Crippen LogP contribution in [-0.4, -0.2) is 36.4 Å². The quantitative estimate of drug-likeness (QED) is 0.751. The van der Waals surface area contributed by atoms with Crippen LogP contribution in [0.1, 0.15) is 38.5 Å². The number of aliphatic hydroxyl groups is 1. The molecule has 1 heterocycles. The smallest absolute Gasteiger partial charge is 0.249 e. The van der Waals surface area contributed by atoms with Crippen molar-refractivity contribution in [2.45, 2.75) is 50.7 Å². The molecule has 0 aromatic rings. The van der Waals surface area contributed by atoms with Gasteiger partial charge < -0.3 is 15.2 Å². The first kappa shape index (κ1) is 11.9. The first-order valence-corrected chi connectivity index (χ1v) is 6.33. The van der Waals surface area contributed by atoms with E-state index in [1.165, 1.54) is 0 Å². The van der Waals surface area contributed by atoms with Gasteiger partial charge in [0.05, 0.1) is 6.10 Å². The molecule has 1 saturated heterocycles. The van der Waals surface area contributed by atoms with Gasteiger partial charge in [-0.15, -0.1) is 0 Å². The van der Waals surface area contributed by atoms with E-state index in [1.54, 1.807) is 0 Å². The number of hydrogen-bond acceptors (Lipinski definition) is 3. The van der Waals surface area contributed by atoms with Gasteiger partial charge in [0.25, 0.3) is 0 Å². The Bertz CT molecular complexity index is 230. The number of rotatable bonds is 3. The lowest BCUT2D eigenvalue weighted by atomic mass is 9.87. The second-order valence-corrected chi connectivity index (χ2v) is 4.92. The Balaban J connectivity index is 1.65. The molecule has 16 heavy (non-hydrogen) atoms. The Morgan fingerprint density at radius 3 is 2.62 bits per heavy atom. The molecule has 1 aliphatic heterocycles. The normalized spacial score (nSPS) is 34.9. The molecule has 1 unspecified atom stereocenters. The first-order chi connectivity index (χ1) is 7.75. The first-order valence-electron chi connectivity index (χ1n) is 6.33. The maximum absolute atomic E-state index is 11.7. The molecule has 0 radical (unpaired) electrons. The number of hydrogen-bond donors (Lipinski definition) is 2. The molecule has 2 N–H and O–H groups in total. The van der Waals surface area contributed by atoms with Crippen molar-refractivity contribution >= 4 is 5.91 Å². The predicted molar refractivity (Wildman–Crippen MR) is 59.9 cm³/mol. The lowest BCUT2D eigenvalue weighted by Crippen LogP contribution is -2.38. The molecule has 2 fully saturated rings. The minimum Gasteiger partial charge on any atom is -0.393 e. The van der Waals surface area contributed by atoms with Crippen LogP contribution in [0.5, 0.6) is 0 Å². The molecular formula is C12H21NO3. The van der Waals surface area contributed by atoms with Gasteiger partial charge in [-0.1, -0.05) is 0 Å². The van der Waals surface area contributed by atoms with Crippen molar-refractivity contribution in [2.24, 2.45) is 5.92 Å². The minimum atomic E-state index is -0.214. The van der Waals surface area contributed by atoms with Crippen LogP contribution < -0.4 is 5.32 Å². The van der Waals surface area contributed by atoms with Crippen LogP contribution in [0, 0.1) is 5.92 Å². The third-order valence-corrected chi connectivity index (χ3v) is 3.60. The fourth-order valence-electron chi connectivity index (χ4n) is 2.49. The van der Waals surface area contributed by atoms with Crippen LogP contribution in [0.3, 0.4) is 0 Å². The van der Waals surface area contributed by atoms with Crippen molar-refractivity contribution < 1.29 is 14.6 Å². The fraction of sp³-hybridized carbons (Fsp3) is 0.917. The van der Waals surface area contributed by atoms with Crippen molar-refractivity contribution in [3.05, 3.63) is 0 Å². The van der Waals surface area contributed by atoms with Crippen molar-refractivity contribution in [3.8, 4) is 0 Å². The number of nitrogens with one attached hydrogen (secondary N) is 1. The van der Waals surface area contributed by atoms with Crippen molar-refractivity contribution in [1.29, 1.82) is 0 Å². The highest BCUT2D eigenvalue weighted by molar-refractivity contribution is 5.80. The molecule has 2 rings (SSSR count). The summed E-state index contributed by atoms with van der Waals surface area (Å²) in [6.07, 6.45) is 5.31. The zero-order valence-corrected chi connectivity index (χ0v) is 9.65. The van der Waals surface area contributed by atoms with Gasteiger partial charge >= 0.3 is 0 Å². The van der Waals surface area contributed by atoms with E-state index < -0.39 is 0 Å². The van der Waals surface area contributed by atoms with Crippen LogP contribution >= 0.6 is 0 Å². The van der Waals surface area contributed by atoms with Crippen LogP contribution in [0.25, 0.3) is 0 Å². The molecule has 0 aromatic heterocycles. The van der Waals surface area contributed by atoms with E-state index in [-0.39, 0.29) is 18.1 Å². The van der Waals surface area contributed by atoms with Gasteiger partial charge in [-0.25, -0.2) is 0 Å². The summed E-state index contributed by atoms with van der Waals surface area (Å²) in [6.45, 7) is 1.46. The van der Waals surface area contributed by atoms with Crippen molar-refractivity contribution in [3.63, 3.8) is 0 Å². The molecule has 0 aromatic carbocycles. The second-order valence-electron chi connectivity index (χ2n) is 4.92. The Kier molecular flexibility index (Phi) is 4.18. The van der Waals surface area contributed by atoms with Crippen LogP contribution in [0.2, 0.25) is 0 Å². The predicted octanol–water partition coefficient (Wildman–Crippen LogP) is 0.833. The SMILES string of the molecule is O=C(NCC1CCC(O)CC1)C1CCCO1. The van der Waals surface area contributed by atoms with Gasteiger partial charge in [-0.3, -0.25) is 4.79 Å². The monoisotopic (exact) mass is 227 g/mol. The van der Waals surface area contributed by atoms with E-state index in [4.69, 9.17) is 4.74 Å². The summed E-state index contributed by atoms with van der Waals surface area (Å²) in [5, 5.41) is 12.3. The highest BCUT2D eigenvalue weighted by Crippen LogP contribution is 2.23. The van der Waals surface area contributed by atoms with Crippen LogP contribution in [0.4, 0.5) is 0 Å². The van der Waals surface area contributed by atoms with Gasteiger partial charge in [0.15, 0.2) is 0 Å². The Morgan fingerprint density at radius 1 is 1.25 bits per heavy atom. The van der Waals surface area contributed by atoms with E-state index in [0.717, 1.165) is 45.1 Å². The third kappa shape index (κ3) is 3.19. The highest BCUT2D eigenvalue weighted by Gasteiger charge is 2.25. The summed E-state index contributed by atoms with van der Waals surface area (Å²) in [6, 6.07) is 0. The summed E-state index contributed by atoms with van der Waals surface area (Å²) >= 11 is 0. The molecule has 92 valence electrons. The average Bonchev–Trinajstić information content (AvgIpc) is 2.81. The number of aliphatic hydroxyl groups excluding tert-OH is 1. The third-order valence-electron chi connectivity index (χ3n) is 3.60.